The second-order valence-corrected chi connectivity index (χ2v) is 25.4. The van der Waals surface area contributed by atoms with Crippen molar-refractivity contribution >= 4 is 54.7 Å². The summed E-state index contributed by atoms with van der Waals surface area (Å²) in [6.07, 6.45) is 11.1. The first-order valence-corrected chi connectivity index (χ1v) is 30.4. The van der Waals surface area contributed by atoms with Crippen molar-refractivity contribution in [2.75, 3.05) is 28.4 Å². The number of hydrogen-bond donors (Lipinski definition) is 0. The van der Waals surface area contributed by atoms with Crippen molar-refractivity contribution in [3.63, 3.8) is 0 Å². The van der Waals surface area contributed by atoms with E-state index in [1.165, 1.54) is 75.4 Å². The highest BCUT2D eigenvalue weighted by Gasteiger charge is 2.33. The number of benzene rings is 4. The van der Waals surface area contributed by atoms with Crippen molar-refractivity contribution in [2.45, 2.75) is 113 Å². The Morgan fingerprint density at radius 3 is 1.46 bits per heavy atom. The third-order valence-electron chi connectivity index (χ3n) is 15.0. The van der Waals surface area contributed by atoms with Gasteiger partial charge in [-0.25, -0.2) is 4.57 Å². The molecule has 4 unspecified atom stereocenters. The minimum atomic E-state index is 0.163. The number of thiazole rings is 1. The second kappa shape index (κ2) is 32.0. The Balaban J connectivity index is 0.000000184. The van der Waals surface area contributed by atoms with Gasteiger partial charge in [-0.1, -0.05) is 107 Å². The topological polar surface area (TPSA) is 70.3 Å². The summed E-state index contributed by atoms with van der Waals surface area (Å²) in [7, 11) is 17.4. The van der Waals surface area contributed by atoms with Crippen LogP contribution in [0.5, 0.6) is 0 Å². The molecule has 10 rings (SSSR count). The number of nitrogens with zero attached hydrogens (tertiary/aromatic N) is 6. The maximum Gasteiger partial charge on any atom is 0.285 e. The molecule has 4 atom stereocenters. The summed E-state index contributed by atoms with van der Waals surface area (Å²) < 4.78 is 33.2. The highest BCUT2D eigenvalue weighted by atomic mass is 32.1. The molecule has 10 nitrogen and oxygen atoms in total. The monoisotopic (exact) mass is 1160 g/mol. The van der Waals surface area contributed by atoms with E-state index in [-0.39, 0.29) is 23.0 Å². The van der Waals surface area contributed by atoms with Crippen LogP contribution in [0.4, 0.5) is 0 Å². The summed E-state index contributed by atoms with van der Waals surface area (Å²) in [6, 6.07) is 48.7. The minimum absolute atomic E-state index is 0.163. The molecule has 0 fully saturated rings. The number of methoxy groups -OCH3 is 4. The minimum Gasteiger partial charge on any atom is -0.382 e. The lowest BCUT2D eigenvalue weighted by Gasteiger charge is -2.36. The highest BCUT2D eigenvalue weighted by molar-refractivity contribution is 7.21. The maximum absolute atomic E-state index is 5.56. The molecule has 0 saturated carbocycles. The van der Waals surface area contributed by atoms with Crippen molar-refractivity contribution in [1.82, 2.24) is 9.78 Å². The van der Waals surface area contributed by atoms with E-state index in [0.717, 1.165) is 18.5 Å². The lowest BCUT2D eigenvalue weighted by molar-refractivity contribution is -0.664. The SMILES string of the molecule is COC(C)CC(C)OC.COC(CC(OC)C(C)(C)C)C(C)(C)C.C[n+]1cccc2ccc3ccc[n+](C)c3c21.Cc1ccccc1-c1ccnn1C.Cc1ccccc1-c1sc2ccccc2[n+]1C.Cc1ccsc1-c1cccc[n+]1C. The zero-order valence-corrected chi connectivity index (χ0v) is 55.2. The van der Waals surface area contributed by atoms with Crippen LogP contribution >= 0.6 is 22.7 Å². The maximum atomic E-state index is 5.56. The van der Waals surface area contributed by atoms with Crippen LogP contribution in [0.2, 0.25) is 0 Å². The summed E-state index contributed by atoms with van der Waals surface area (Å²) in [5.41, 5.74) is 13.2. The summed E-state index contributed by atoms with van der Waals surface area (Å²) in [5.74, 6) is 0. The summed E-state index contributed by atoms with van der Waals surface area (Å²) in [5, 5.41) is 10.2. The van der Waals surface area contributed by atoms with Crippen molar-refractivity contribution in [3.05, 3.63) is 186 Å². The van der Waals surface area contributed by atoms with E-state index in [2.05, 4.69) is 265 Å². The summed E-state index contributed by atoms with van der Waals surface area (Å²) in [6.45, 7) is 23.7. The van der Waals surface area contributed by atoms with Gasteiger partial charge < -0.3 is 18.9 Å². The normalized spacial score (nSPS) is 12.7. The Bertz CT molecular complexity index is 3400. The number of hydrogen-bond acceptors (Lipinski definition) is 7. The average molecular weight is 1160 g/mol. The molecule has 0 saturated heterocycles. The fourth-order valence-corrected chi connectivity index (χ4v) is 12.1. The van der Waals surface area contributed by atoms with Gasteiger partial charge in [-0.15, -0.1) is 11.3 Å². The van der Waals surface area contributed by atoms with E-state index in [1.54, 1.807) is 39.8 Å². The lowest BCUT2D eigenvalue weighted by atomic mass is 9.79. The van der Waals surface area contributed by atoms with Gasteiger partial charge in [-0.3, -0.25) is 4.68 Å². The van der Waals surface area contributed by atoms with Crippen LogP contribution in [-0.2, 0) is 54.2 Å². The molecule has 0 aliphatic heterocycles. The van der Waals surface area contributed by atoms with Crippen LogP contribution in [0, 0.1) is 31.6 Å². The second-order valence-electron chi connectivity index (χ2n) is 23.5. The number of fused-ring (bicyclic) bond motifs is 4. The highest BCUT2D eigenvalue weighted by Crippen LogP contribution is 2.33. The van der Waals surface area contributed by atoms with Gasteiger partial charge >= 0.3 is 0 Å². The molecule has 0 spiro atoms. The molecule has 0 aliphatic carbocycles. The smallest absolute Gasteiger partial charge is 0.285 e. The molecule has 6 aromatic heterocycles. The number of aromatic nitrogens is 6. The van der Waals surface area contributed by atoms with Crippen LogP contribution < -0.4 is 18.3 Å². The quantitative estimate of drug-likeness (QED) is 0.0953. The number of aryl methyl sites for hydroxylation is 8. The van der Waals surface area contributed by atoms with Crippen LogP contribution in [-0.4, -0.2) is 62.6 Å². The number of para-hydroxylation sites is 1. The molecule has 0 bridgehead atoms. The van der Waals surface area contributed by atoms with Gasteiger partial charge in [0.2, 0.25) is 11.2 Å². The number of thiophene rings is 1. The Hall–Kier alpha value is -6.51. The zero-order valence-electron chi connectivity index (χ0n) is 53.5. The van der Waals surface area contributed by atoms with Crippen LogP contribution in [0.15, 0.2) is 170 Å². The van der Waals surface area contributed by atoms with E-state index in [0.29, 0.717) is 12.2 Å². The fraction of sp³-hybridized carbons (Fsp3) is 0.394. The van der Waals surface area contributed by atoms with Crippen molar-refractivity contribution in [2.24, 2.45) is 46.1 Å². The average Bonchev–Trinajstić information content (AvgIpc) is 4.39. The van der Waals surface area contributed by atoms with Crippen LogP contribution in [0.3, 0.4) is 0 Å². The van der Waals surface area contributed by atoms with Gasteiger partial charge in [0.05, 0.1) is 46.4 Å². The number of ether oxygens (including phenoxy) is 4. The van der Waals surface area contributed by atoms with Crippen LogP contribution in [0.1, 0.15) is 84.9 Å². The molecule has 0 aliphatic rings. The first kappa shape index (κ1) is 67.3. The predicted octanol–water partition coefficient (Wildman–Crippen LogP) is 15.2. The van der Waals surface area contributed by atoms with Gasteiger partial charge in [-0.05, 0) is 129 Å². The molecule has 0 N–H and O–H groups in total. The Kier molecular flexibility index (Phi) is 25.9. The third-order valence-corrected chi connectivity index (χ3v) is 17.3. The number of rotatable bonds is 11. The molecular weight excluding hydrogens is 1060 g/mol. The van der Waals surface area contributed by atoms with Crippen molar-refractivity contribution < 1.29 is 37.2 Å². The van der Waals surface area contributed by atoms with Crippen molar-refractivity contribution in [1.29, 1.82) is 0 Å². The molecule has 83 heavy (non-hydrogen) atoms. The molecule has 4 aromatic carbocycles. The first-order chi connectivity index (χ1) is 39.4. The first-order valence-electron chi connectivity index (χ1n) is 28.7. The zero-order chi connectivity index (χ0) is 61.0. The molecule has 442 valence electrons. The molecule has 0 amide bonds. The van der Waals surface area contributed by atoms with Crippen LogP contribution in [0.25, 0.3) is 64.4 Å². The van der Waals surface area contributed by atoms with E-state index >= 15 is 0 Å². The van der Waals surface area contributed by atoms with Gasteiger partial charge in [0.1, 0.15) is 37.8 Å². The molecule has 12 heteroatoms. The Morgan fingerprint density at radius 1 is 0.518 bits per heavy atom. The Morgan fingerprint density at radius 2 is 1.01 bits per heavy atom. The van der Waals surface area contributed by atoms with Gasteiger partial charge in [-0.2, -0.15) is 18.8 Å². The van der Waals surface area contributed by atoms with E-state index in [1.807, 2.05) is 55.2 Å². The Labute approximate surface area is 505 Å². The van der Waals surface area contributed by atoms with E-state index in [9.17, 15) is 0 Å². The predicted molar refractivity (Wildman–Crippen MR) is 349 cm³/mol. The molecular formula is C71H96N6O4S2+4. The summed E-state index contributed by atoms with van der Waals surface area (Å²) in [4.78, 5) is 1.36. The fourth-order valence-electron chi connectivity index (χ4n) is 9.83. The summed E-state index contributed by atoms with van der Waals surface area (Å²) >= 11 is 3.65. The number of pyridine rings is 3. The van der Waals surface area contributed by atoms with E-state index < -0.39 is 0 Å². The largest absolute Gasteiger partial charge is 0.382 e. The van der Waals surface area contributed by atoms with Gasteiger partial charge in [0, 0.05) is 84.0 Å². The molecule has 0 radical (unpaired) electrons. The molecule has 6 heterocycles. The van der Waals surface area contributed by atoms with Crippen molar-refractivity contribution in [3.8, 4) is 32.4 Å². The molecule has 10 aromatic rings. The van der Waals surface area contributed by atoms with Gasteiger partial charge in [0.15, 0.2) is 18.6 Å². The third kappa shape index (κ3) is 19.0. The van der Waals surface area contributed by atoms with E-state index in [4.69, 9.17) is 18.9 Å². The van der Waals surface area contributed by atoms with Gasteiger partial charge in [0.25, 0.3) is 16.0 Å². The standard InChI is InChI=1S/C15H14NS.C14H14N2.C13H28O2.C11H12N2.C11H12NS.C7H16O2/c1-11-7-3-4-8-12(11)15-16(2)13-9-5-6-10-14(13)17-15;1-15-9-3-5-11-7-8-12-6-4-10-16(2)14(12)13(11)15;1-12(2,3)10(14-7)9-11(15-8)13(4,5)6;1-9-5-3-4-6-10(9)11-7-8-12-13(11)2;1-9-6-8-13-11(9)10-5-3-4-7-12(10)2;1-6(8-3)5-7(2)9-4/h3-10H,1-2H3;3-10H,1-2H3;10-11H,9H2,1-8H3;2*3-8H,1-2H3;6-7H,5H2,1-4H3/q+1;+2;;;+1;. The lowest BCUT2D eigenvalue weighted by Crippen LogP contribution is -2.38.